The van der Waals surface area contributed by atoms with Crippen molar-refractivity contribution in [3.05, 3.63) is 63.6 Å². The quantitative estimate of drug-likeness (QED) is 0.483. The van der Waals surface area contributed by atoms with Gasteiger partial charge in [-0.05, 0) is 41.3 Å². The Kier molecular flexibility index (Phi) is 5.12. The second-order valence-electron chi connectivity index (χ2n) is 6.54. The van der Waals surface area contributed by atoms with Crippen LogP contribution in [0.15, 0.2) is 46.9 Å². The number of halogens is 1. The minimum Gasteiger partial charge on any atom is -0.508 e. The van der Waals surface area contributed by atoms with Gasteiger partial charge in [0, 0.05) is 15.6 Å². The summed E-state index contributed by atoms with van der Waals surface area (Å²) in [5.41, 5.74) is 2.15. The number of carbonyl (C=O) groups excluding carboxylic acids is 1. The molecule has 0 spiro atoms. The van der Waals surface area contributed by atoms with Crippen molar-refractivity contribution < 1.29 is 9.90 Å². The van der Waals surface area contributed by atoms with E-state index in [4.69, 9.17) is 5.84 Å². The van der Waals surface area contributed by atoms with Gasteiger partial charge < -0.3 is 5.11 Å². The van der Waals surface area contributed by atoms with Gasteiger partial charge >= 0.3 is 0 Å². The molecule has 3 N–H and O–H groups in total. The van der Waals surface area contributed by atoms with E-state index in [1.54, 1.807) is 24.3 Å². The first-order chi connectivity index (χ1) is 10.7. The molecule has 4 nitrogen and oxygen atoms in total. The van der Waals surface area contributed by atoms with Crippen LogP contribution < -0.4 is 5.84 Å². The van der Waals surface area contributed by atoms with Gasteiger partial charge in [-0.2, -0.15) is 0 Å². The highest BCUT2D eigenvalue weighted by Crippen LogP contribution is 2.25. The molecule has 0 heterocycles. The molecule has 0 aromatic heterocycles. The number of hydrogen-bond acceptors (Lipinski definition) is 3. The Morgan fingerprint density at radius 3 is 2.57 bits per heavy atom. The maximum atomic E-state index is 12.5. The molecule has 2 rings (SSSR count). The molecule has 0 saturated heterocycles. The molecule has 0 bridgehead atoms. The summed E-state index contributed by atoms with van der Waals surface area (Å²) in [6.07, 6.45) is 0. The molecule has 0 fully saturated rings. The maximum absolute atomic E-state index is 12.5. The molecule has 1 amide bonds. The van der Waals surface area contributed by atoms with Gasteiger partial charge in [0.15, 0.2) is 0 Å². The van der Waals surface area contributed by atoms with Gasteiger partial charge in [0.2, 0.25) is 0 Å². The summed E-state index contributed by atoms with van der Waals surface area (Å²) < 4.78 is 0.820. The molecule has 122 valence electrons. The van der Waals surface area contributed by atoms with Crippen molar-refractivity contribution in [2.75, 3.05) is 0 Å². The molecule has 0 unspecified atom stereocenters. The zero-order chi connectivity index (χ0) is 17.2. The zero-order valence-corrected chi connectivity index (χ0v) is 15.1. The number of carbonyl (C=O) groups is 1. The first-order valence-corrected chi connectivity index (χ1v) is 8.12. The van der Waals surface area contributed by atoms with Gasteiger partial charge in [0.05, 0.1) is 6.54 Å². The Morgan fingerprint density at radius 2 is 1.91 bits per heavy atom. The molecule has 0 atom stereocenters. The summed E-state index contributed by atoms with van der Waals surface area (Å²) >= 11 is 3.34. The van der Waals surface area contributed by atoms with Crippen LogP contribution in [0, 0.1) is 0 Å². The lowest BCUT2D eigenvalue weighted by Gasteiger charge is -2.21. The van der Waals surface area contributed by atoms with Crippen molar-refractivity contribution in [2.24, 2.45) is 5.84 Å². The third kappa shape index (κ3) is 4.33. The van der Waals surface area contributed by atoms with Crippen LogP contribution in [0.1, 0.15) is 42.3 Å². The highest BCUT2D eigenvalue weighted by molar-refractivity contribution is 9.10. The Morgan fingerprint density at radius 1 is 1.22 bits per heavy atom. The number of nitrogens with zero attached hydrogens (tertiary/aromatic N) is 1. The van der Waals surface area contributed by atoms with E-state index in [-0.39, 0.29) is 23.6 Å². The lowest BCUT2D eigenvalue weighted by atomic mass is 9.86. The molecule has 0 aliphatic heterocycles. The number of phenols is 1. The second kappa shape index (κ2) is 6.72. The molecule has 2 aromatic carbocycles. The zero-order valence-electron chi connectivity index (χ0n) is 13.5. The van der Waals surface area contributed by atoms with Crippen molar-refractivity contribution in [1.29, 1.82) is 0 Å². The normalized spacial score (nSPS) is 11.3. The third-order valence-corrected chi connectivity index (χ3v) is 4.11. The van der Waals surface area contributed by atoms with E-state index >= 15 is 0 Å². The second-order valence-corrected chi connectivity index (χ2v) is 7.45. The summed E-state index contributed by atoms with van der Waals surface area (Å²) in [7, 11) is 0. The SMILES string of the molecule is CC(C)(C)c1cccc(C(=O)N(N)Cc2cc(Br)ccc2O)c1. The Labute approximate surface area is 145 Å². The van der Waals surface area contributed by atoms with Crippen LogP contribution in [-0.4, -0.2) is 16.0 Å². The first-order valence-electron chi connectivity index (χ1n) is 7.33. The molecule has 23 heavy (non-hydrogen) atoms. The van der Waals surface area contributed by atoms with Gasteiger partial charge in [-0.3, -0.25) is 9.80 Å². The number of aromatic hydroxyl groups is 1. The summed E-state index contributed by atoms with van der Waals surface area (Å²) in [6.45, 7) is 6.41. The molecule has 0 aliphatic carbocycles. The fourth-order valence-electron chi connectivity index (χ4n) is 2.22. The fourth-order valence-corrected chi connectivity index (χ4v) is 2.63. The first kappa shape index (κ1) is 17.5. The van der Waals surface area contributed by atoms with Crippen LogP contribution in [-0.2, 0) is 12.0 Å². The minimum absolute atomic E-state index is 0.0434. The molecule has 2 aromatic rings. The lowest BCUT2D eigenvalue weighted by Crippen LogP contribution is -2.36. The molecular formula is C18H21BrN2O2. The molecule has 5 heteroatoms. The summed E-state index contributed by atoms with van der Waals surface area (Å²) in [5.74, 6) is 5.75. The van der Waals surface area contributed by atoms with Crippen LogP contribution in [0.3, 0.4) is 0 Å². The molecule has 0 aliphatic rings. The Balaban J connectivity index is 2.21. The van der Waals surface area contributed by atoms with E-state index in [2.05, 4.69) is 36.7 Å². The average Bonchev–Trinajstić information content (AvgIpc) is 2.49. The van der Waals surface area contributed by atoms with Gasteiger partial charge in [-0.15, -0.1) is 0 Å². The summed E-state index contributed by atoms with van der Waals surface area (Å²) in [4.78, 5) is 12.5. The van der Waals surface area contributed by atoms with Crippen LogP contribution in [0.25, 0.3) is 0 Å². The van der Waals surface area contributed by atoms with Crippen molar-refractivity contribution in [1.82, 2.24) is 5.01 Å². The van der Waals surface area contributed by atoms with E-state index in [0.29, 0.717) is 11.1 Å². The summed E-state index contributed by atoms with van der Waals surface area (Å²) in [6, 6.07) is 12.5. The van der Waals surface area contributed by atoms with E-state index in [1.807, 2.05) is 18.2 Å². The standard InChI is InChI=1S/C18H21BrN2O2/c1-18(2,3)14-6-4-5-12(9-14)17(23)21(20)11-13-10-15(19)7-8-16(13)22/h4-10,22H,11,20H2,1-3H3. The smallest absolute Gasteiger partial charge is 0.268 e. The Bertz CT molecular complexity index is 723. The number of hydrazine groups is 1. The third-order valence-electron chi connectivity index (χ3n) is 3.62. The fraction of sp³-hybridized carbons (Fsp3) is 0.278. The average molecular weight is 377 g/mol. The van der Waals surface area contributed by atoms with E-state index in [1.165, 1.54) is 0 Å². The number of nitrogens with two attached hydrogens (primary N) is 1. The largest absolute Gasteiger partial charge is 0.508 e. The van der Waals surface area contributed by atoms with Crippen LogP contribution in [0.2, 0.25) is 0 Å². The minimum atomic E-state index is -0.282. The molecular weight excluding hydrogens is 356 g/mol. The van der Waals surface area contributed by atoms with Crippen molar-refractivity contribution in [3.8, 4) is 5.75 Å². The van der Waals surface area contributed by atoms with Crippen molar-refractivity contribution >= 4 is 21.8 Å². The Hall–Kier alpha value is -1.85. The maximum Gasteiger partial charge on any atom is 0.268 e. The predicted molar refractivity (Wildman–Crippen MR) is 95.0 cm³/mol. The molecule has 0 saturated carbocycles. The van der Waals surface area contributed by atoms with E-state index < -0.39 is 0 Å². The monoisotopic (exact) mass is 376 g/mol. The van der Waals surface area contributed by atoms with Gasteiger partial charge in [0.1, 0.15) is 5.75 Å². The lowest BCUT2D eigenvalue weighted by molar-refractivity contribution is 0.0742. The predicted octanol–water partition coefficient (Wildman–Crippen LogP) is 3.97. The number of rotatable bonds is 3. The van der Waals surface area contributed by atoms with Crippen molar-refractivity contribution in [2.45, 2.75) is 32.7 Å². The van der Waals surface area contributed by atoms with Gasteiger partial charge in [0.25, 0.3) is 5.91 Å². The molecule has 0 radical (unpaired) electrons. The van der Waals surface area contributed by atoms with Crippen LogP contribution in [0.5, 0.6) is 5.75 Å². The van der Waals surface area contributed by atoms with Crippen molar-refractivity contribution in [3.63, 3.8) is 0 Å². The number of hydrogen-bond donors (Lipinski definition) is 2. The highest BCUT2D eigenvalue weighted by Gasteiger charge is 2.18. The number of amides is 1. The number of benzene rings is 2. The van der Waals surface area contributed by atoms with E-state index in [9.17, 15) is 9.90 Å². The summed E-state index contributed by atoms with van der Waals surface area (Å²) in [5, 5.41) is 11.0. The van der Waals surface area contributed by atoms with Gasteiger partial charge in [-0.1, -0.05) is 48.8 Å². The highest BCUT2D eigenvalue weighted by atomic mass is 79.9. The topological polar surface area (TPSA) is 66.6 Å². The van der Waals surface area contributed by atoms with Crippen LogP contribution in [0.4, 0.5) is 0 Å². The van der Waals surface area contributed by atoms with Crippen LogP contribution >= 0.6 is 15.9 Å². The number of phenolic OH excluding ortho intramolecular Hbond substituents is 1. The van der Waals surface area contributed by atoms with Gasteiger partial charge in [-0.25, -0.2) is 5.84 Å². The van der Waals surface area contributed by atoms with E-state index in [0.717, 1.165) is 15.0 Å².